The molecule has 0 saturated heterocycles. The number of aromatic nitrogens is 1. The topological polar surface area (TPSA) is 28.2 Å². The summed E-state index contributed by atoms with van der Waals surface area (Å²) in [5.41, 5.74) is -0.410. The zero-order valence-electron chi connectivity index (χ0n) is 17.1. The van der Waals surface area contributed by atoms with Gasteiger partial charge in [0.25, 0.3) is 0 Å². The van der Waals surface area contributed by atoms with Gasteiger partial charge in [-0.2, -0.15) is 26.3 Å². The molecule has 0 aliphatic heterocycles. The van der Waals surface area contributed by atoms with Gasteiger partial charge >= 0.3 is 12.4 Å². The number of alkyl halides is 6. The van der Waals surface area contributed by atoms with Crippen LogP contribution in [0.4, 0.5) is 37.2 Å². The van der Waals surface area contributed by atoms with Crippen molar-refractivity contribution in [2.45, 2.75) is 31.9 Å². The molecule has 0 spiro atoms. The minimum absolute atomic E-state index is 0.0315. The van der Waals surface area contributed by atoms with Crippen molar-refractivity contribution >= 4 is 57.0 Å². The van der Waals surface area contributed by atoms with E-state index in [1.807, 2.05) is 0 Å². The van der Waals surface area contributed by atoms with Crippen molar-refractivity contribution in [3.8, 4) is 0 Å². The molecule has 3 aromatic rings. The molecule has 0 radical (unpaired) electrons. The Morgan fingerprint density at radius 2 is 1.53 bits per heavy atom. The normalized spacial score (nSPS) is 12.4. The maximum Gasteiger partial charge on any atom is 0.434 e. The van der Waals surface area contributed by atoms with Gasteiger partial charge in [-0.3, -0.25) is 4.90 Å². The first-order valence-corrected chi connectivity index (χ1v) is 11.6. The van der Waals surface area contributed by atoms with Crippen LogP contribution in [0.1, 0.15) is 22.6 Å². The maximum atomic E-state index is 13.7. The standard InChI is InChI=1S/C21H16Cl3F6N3S/c22-13-8-14(23)17(15(24)9-13)31-19-32-18(21(28,29)30)16(34-19)11-33(7-6-20(25,26)27)10-12-4-2-1-3-5-12/h1-5,8-9H,6-7,10-11H2,(H,31,32). The number of anilines is 2. The lowest BCUT2D eigenvalue weighted by molar-refractivity contribution is -0.143. The summed E-state index contributed by atoms with van der Waals surface area (Å²) in [5.74, 6) is 0. The molecule has 1 aromatic heterocycles. The summed E-state index contributed by atoms with van der Waals surface area (Å²) in [6.07, 6.45) is -10.4. The molecule has 0 atom stereocenters. The van der Waals surface area contributed by atoms with E-state index in [0.29, 0.717) is 16.9 Å². The van der Waals surface area contributed by atoms with Crippen LogP contribution in [0.3, 0.4) is 0 Å². The van der Waals surface area contributed by atoms with Crippen LogP contribution < -0.4 is 5.32 Å². The second kappa shape index (κ2) is 10.9. The van der Waals surface area contributed by atoms with Crippen LogP contribution in [0, 0.1) is 0 Å². The first kappa shape index (κ1) is 26.9. The summed E-state index contributed by atoms with van der Waals surface area (Å²) in [7, 11) is 0. The molecule has 0 amide bonds. The number of hydrogen-bond acceptors (Lipinski definition) is 4. The molecule has 34 heavy (non-hydrogen) atoms. The number of halogens is 9. The molecule has 0 aliphatic rings. The Morgan fingerprint density at radius 3 is 2.09 bits per heavy atom. The summed E-state index contributed by atoms with van der Waals surface area (Å²) < 4.78 is 79.7. The molecular formula is C21H16Cl3F6N3S. The van der Waals surface area contributed by atoms with E-state index in [0.717, 1.165) is 0 Å². The first-order valence-electron chi connectivity index (χ1n) is 9.63. The van der Waals surface area contributed by atoms with E-state index < -0.39 is 31.0 Å². The van der Waals surface area contributed by atoms with Gasteiger partial charge in [0.2, 0.25) is 0 Å². The van der Waals surface area contributed by atoms with E-state index >= 15 is 0 Å². The smallest absolute Gasteiger partial charge is 0.329 e. The highest BCUT2D eigenvalue weighted by molar-refractivity contribution is 7.15. The number of thiazole rings is 1. The Hall–Kier alpha value is -1.72. The Kier molecular flexibility index (Phi) is 8.62. The van der Waals surface area contributed by atoms with Crippen LogP contribution in [-0.4, -0.2) is 22.6 Å². The molecule has 0 saturated carbocycles. The number of rotatable bonds is 8. The van der Waals surface area contributed by atoms with Crippen LogP contribution in [0.2, 0.25) is 15.1 Å². The van der Waals surface area contributed by atoms with Gasteiger partial charge in [-0.05, 0) is 17.7 Å². The molecule has 0 fully saturated rings. The van der Waals surface area contributed by atoms with Crippen molar-refractivity contribution in [1.29, 1.82) is 0 Å². The van der Waals surface area contributed by atoms with E-state index in [2.05, 4.69) is 10.3 Å². The Bertz CT molecular complexity index is 1100. The average molecular weight is 563 g/mol. The highest BCUT2D eigenvalue weighted by atomic mass is 35.5. The van der Waals surface area contributed by atoms with Crippen molar-refractivity contribution in [3.05, 3.63) is 73.7 Å². The third-order valence-corrected chi connectivity index (χ3v) is 6.30. The molecule has 3 nitrogen and oxygen atoms in total. The van der Waals surface area contributed by atoms with Crippen LogP contribution in [0.25, 0.3) is 0 Å². The largest absolute Gasteiger partial charge is 0.434 e. The molecule has 2 aromatic carbocycles. The van der Waals surface area contributed by atoms with Gasteiger partial charge in [0.15, 0.2) is 10.8 Å². The second-order valence-corrected chi connectivity index (χ2v) is 9.55. The van der Waals surface area contributed by atoms with E-state index in [1.54, 1.807) is 30.3 Å². The van der Waals surface area contributed by atoms with Crippen molar-refractivity contribution in [1.82, 2.24) is 9.88 Å². The molecule has 184 valence electrons. The molecule has 1 heterocycles. The lowest BCUT2D eigenvalue weighted by Crippen LogP contribution is -2.28. The fourth-order valence-electron chi connectivity index (χ4n) is 3.05. The lowest BCUT2D eigenvalue weighted by Gasteiger charge is -2.23. The lowest BCUT2D eigenvalue weighted by atomic mass is 10.2. The van der Waals surface area contributed by atoms with Crippen molar-refractivity contribution in [3.63, 3.8) is 0 Å². The summed E-state index contributed by atoms with van der Waals surface area (Å²) in [6, 6.07) is 11.2. The third-order valence-electron chi connectivity index (χ3n) is 4.53. The number of hydrogen-bond donors (Lipinski definition) is 1. The van der Waals surface area contributed by atoms with Gasteiger partial charge < -0.3 is 5.32 Å². The van der Waals surface area contributed by atoms with E-state index in [9.17, 15) is 26.3 Å². The molecule has 0 bridgehead atoms. The van der Waals surface area contributed by atoms with Gasteiger partial charge in [0.05, 0.1) is 27.0 Å². The van der Waals surface area contributed by atoms with Crippen LogP contribution in [-0.2, 0) is 19.3 Å². The average Bonchev–Trinajstić information content (AvgIpc) is 3.12. The Morgan fingerprint density at radius 1 is 0.912 bits per heavy atom. The molecule has 1 N–H and O–H groups in total. The second-order valence-electron chi connectivity index (χ2n) is 7.22. The van der Waals surface area contributed by atoms with E-state index in [1.165, 1.54) is 17.0 Å². The molecule has 3 rings (SSSR count). The zero-order chi connectivity index (χ0) is 25.1. The number of nitrogens with zero attached hydrogens (tertiary/aromatic N) is 2. The van der Waals surface area contributed by atoms with Gasteiger partial charge in [-0.25, -0.2) is 4.98 Å². The fraction of sp³-hybridized carbons (Fsp3) is 0.286. The number of nitrogens with one attached hydrogen (secondary N) is 1. The SMILES string of the molecule is FC(F)(F)CCN(Cc1ccccc1)Cc1sc(Nc2c(Cl)cc(Cl)cc2Cl)nc1C(F)(F)F. The zero-order valence-corrected chi connectivity index (χ0v) is 20.2. The predicted molar refractivity (Wildman–Crippen MR) is 123 cm³/mol. The molecule has 13 heteroatoms. The summed E-state index contributed by atoms with van der Waals surface area (Å²) in [5, 5.41) is 2.87. The Balaban J connectivity index is 1.91. The molecule has 0 unspecified atom stereocenters. The first-order chi connectivity index (χ1) is 15.8. The van der Waals surface area contributed by atoms with Crippen LogP contribution in [0.15, 0.2) is 42.5 Å². The Labute approximate surface area is 210 Å². The van der Waals surface area contributed by atoms with E-state index in [4.69, 9.17) is 34.8 Å². The quantitative estimate of drug-likeness (QED) is 0.278. The van der Waals surface area contributed by atoms with Gasteiger partial charge in [-0.15, -0.1) is 0 Å². The minimum Gasteiger partial charge on any atom is -0.329 e. The highest BCUT2D eigenvalue weighted by Gasteiger charge is 2.38. The van der Waals surface area contributed by atoms with Crippen LogP contribution in [0.5, 0.6) is 0 Å². The van der Waals surface area contributed by atoms with E-state index in [-0.39, 0.29) is 43.9 Å². The summed E-state index contributed by atoms with van der Waals surface area (Å²) in [6.45, 7) is -0.837. The monoisotopic (exact) mass is 561 g/mol. The third kappa shape index (κ3) is 7.64. The maximum absolute atomic E-state index is 13.7. The van der Waals surface area contributed by atoms with Crippen molar-refractivity contribution in [2.24, 2.45) is 0 Å². The van der Waals surface area contributed by atoms with Gasteiger partial charge in [0, 0.05) is 24.7 Å². The predicted octanol–water partition coefficient (Wildman–Crippen LogP) is 8.82. The summed E-state index contributed by atoms with van der Waals surface area (Å²) >= 11 is 18.7. The summed E-state index contributed by atoms with van der Waals surface area (Å²) in [4.78, 5) is 4.70. The molecular weight excluding hydrogens is 547 g/mol. The minimum atomic E-state index is -4.82. The van der Waals surface area contributed by atoms with Crippen molar-refractivity contribution < 1.29 is 26.3 Å². The number of benzene rings is 2. The molecule has 0 aliphatic carbocycles. The highest BCUT2D eigenvalue weighted by Crippen LogP contribution is 2.41. The van der Waals surface area contributed by atoms with Crippen LogP contribution >= 0.6 is 46.1 Å². The van der Waals surface area contributed by atoms with Crippen molar-refractivity contribution in [2.75, 3.05) is 11.9 Å². The fourth-order valence-corrected chi connectivity index (χ4v) is 4.99. The van der Waals surface area contributed by atoms with Gasteiger partial charge in [0.1, 0.15) is 0 Å². The van der Waals surface area contributed by atoms with Gasteiger partial charge in [-0.1, -0.05) is 76.5 Å².